The Hall–Kier alpha value is -7.29. The van der Waals surface area contributed by atoms with Gasteiger partial charge in [-0.05, 0) is 73.9 Å². The number of nitrogens with one attached hydrogen (secondary N) is 6. The Bertz CT molecular complexity index is 2020. The number of rotatable bonds is 21. The molecule has 0 aliphatic carbocycles. The van der Waals surface area contributed by atoms with Crippen LogP contribution < -0.4 is 31.9 Å². The highest BCUT2D eigenvalue weighted by molar-refractivity contribution is 6.45. The van der Waals surface area contributed by atoms with Gasteiger partial charge in [0.1, 0.15) is 0 Å². The summed E-state index contributed by atoms with van der Waals surface area (Å²) >= 11 is 0. The summed E-state index contributed by atoms with van der Waals surface area (Å²) in [6, 6.07) is 21.0. The van der Waals surface area contributed by atoms with E-state index < -0.39 is 52.8 Å². The molecular weight excluding hydrogens is 769 g/mol. The smallest absolute Gasteiger partial charge is 0.292 e. The zero-order valence-corrected chi connectivity index (χ0v) is 33.7. The Labute approximate surface area is 347 Å². The fourth-order valence-corrected chi connectivity index (χ4v) is 5.72. The topological polar surface area (TPSA) is 226 Å². The fraction of sp³-hybridized carbons (Fsp3) is 0.267. The third kappa shape index (κ3) is 12.4. The highest BCUT2D eigenvalue weighted by atomic mass is 16.2. The predicted octanol–water partition coefficient (Wildman–Crippen LogP) is 5.74. The fourth-order valence-electron chi connectivity index (χ4n) is 5.72. The molecule has 0 bridgehead atoms. The summed E-state index contributed by atoms with van der Waals surface area (Å²) in [5.74, 6) is -7.89. The maximum Gasteiger partial charge on any atom is 0.292 e. The molecule has 60 heavy (non-hydrogen) atoms. The summed E-state index contributed by atoms with van der Waals surface area (Å²) in [6.45, 7) is 6.64. The van der Waals surface area contributed by atoms with Gasteiger partial charge in [-0.3, -0.25) is 43.2 Å². The van der Waals surface area contributed by atoms with E-state index in [0.717, 1.165) is 19.3 Å². The number of carbonyl (C=O) groups excluding carboxylic acids is 9. The molecule has 0 unspecified atom stereocenters. The van der Waals surface area contributed by atoms with Crippen LogP contribution in [0.1, 0.15) is 121 Å². The van der Waals surface area contributed by atoms with Gasteiger partial charge in [0.05, 0.1) is 33.8 Å². The first-order chi connectivity index (χ1) is 28.9. The number of hydrogen-bond acceptors (Lipinski definition) is 9. The quantitative estimate of drug-likeness (QED) is 0.0342. The average Bonchev–Trinajstić information content (AvgIpc) is 3.26. The van der Waals surface area contributed by atoms with Gasteiger partial charge in [0.15, 0.2) is 0 Å². The second kappa shape index (κ2) is 22.6. The number of ketones is 3. The summed E-state index contributed by atoms with van der Waals surface area (Å²) in [4.78, 5) is 119. The Morgan fingerprint density at radius 1 is 0.383 bits per heavy atom. The largest absolute Gasteiger partial charge is 0.349 e. The third-order valence-electron chi connectivity index (χ3n) is 9.05. The van der Waals surface area contributed by atoms with Crippen molar-refractivity contribution in [3.63, 3.8) is 0 Å². The molecule has 0 aliphatic rings. The van der Waals surface area contributed by atoms with Crippen molar-refractivity contribution in [3.05, 3.63) is 124 Å². The van der Waals surface area contributed by atoms with Crippen molar-refractivity contribution < 1.29 is 43.2 Å². The third-order valence-corrected chi connectivity index (χ3v) is 9.05. The Morgan fingerprint density at radius 2 is 0.633 bits per heavy atom. The standard InChI is InChI=1S/C45H48N6O9/c1-4-7-22-46-43(58)37(52)31-16-10-13-19-34(31)49-40(55)28-25-29(41(56)50-35-20-14-11-17-32(35)38(53)44(59)47-23-8-5-2)27-30(26-28)42(57)51-36-21-15-12-18-33(36)39(54)45(60)48-24-9-6-3/h10-21,25-27H,4-9,22-24H2,1-3H3,(H,46,58)(H,47,59)(H,48,60)(H,49,55)(H,50,56)(H,51,57). The van der Waals surface area contributed by atoms with Gasteiger partial charge in [-0.1, -0.05) is 76.4 Å². The van der Waals surface area contributed by atoms with Gasteiger partial charge in [0, 0.05) is 36.3 Å². The molecule has 0 fully saturated rings. The predicted molar refractivity (Wildman–Crippen MR) is 226 cm³/mol. The molecule has 0 atom stereocenters. The van der Waals surface area contributed by atoms with E-state index in [-0.39, 0.29) is 70.1 Å². The number of para-hydroxylation sites is 3. The van der Waals surface area contributed by atoms with Crippen LogP contribution >= 0.6 is 0 Å². The van der Waals surface area contributed by atoms with Crippen LogP contribution in [-0.4, -0.2) is 72.4 Å². The lowest BCUT2D eigenvalue weighted by molar-refractivity contribution is -0.117. The maximum atomic E-state index is 13.9. The number of hydrogen-bond donors (Lipinski definition) is 6. The lowest BCUT2D eigenvalue weighted by Crippen LogP contribution is -2.32. The molecule has 0 spiro atoms. The highest BCUT2D eigenvalue weighted by Gasteiger charge is 2.25. The molecule has 4 aromatic rings. The van der Waals surface area contributed by atoms with Gasteiger partial charge in [0.2, 0.25) is 0 Å². The Kier molecular flexibility index (Phi) is 17.1. The molecule has 15 nitrogen and oxygen atoms in total. The minimum Gasteiger partial charge on any atom is -0.349 e. The number of Topliss-reactive ketones (excluding diaryl/α,β-unsaturated/α-hetero) is 3. The second-order valence-corrected chi connectivity index (χ2v) is 13.6. The van der Waals surface area contributed by atoms with E-state index >= 15 is 0 Å². The van der Waals surface area contributed by atoms with Crippen LogP contribution in [0.2, 0.25) is 0 Å². The first kappa shape index (κ1) is 45.4. The number of carbonyl (C=O) groups is 9. The van der Waals surface area contributed by atoms with Crippen molar-refractivity contribution >= 4 is 69.9 Å². The number of unbranched alkanes of at least 4 members (excludes halogenated alkanes) is 3. The Balaban J connectivity index is 1.71. The van der Waals surface area contributed by atoms with Crippen molar-refractivity contribution in [1.29, 1.82) is 0 Å². The molecule has 0 radical (unpaired) electrons. The van der Waals surface area contributed by atoms with Crippen molar-refractivity contribution in [1.82, 2.24) is 16.0 Å². The lowest BCUT2D eigenvalue weighted by Gasteiger charge is -2.15. The normalized spacial score (nSPS) is 10.4. The van der Waals surface area contributed by atoms with Gasteiger partial charge in [-0.15, -0.1) is 0 Å². The van der Waals surface area contributed by atoms with E-state index in [0.29, 0.717) is 19.3 Å². The van der Waals surface area contributed by atoms with Gasteiger partial charge in [-0.25, -0.2) is 0 Å². The van der Waals surface area contributed by atoms with E-state index in [1.807, 2.05) is 20.8 Å². The van der Waals surface area contributed by atoms with E-state index in [4.69, 9.17) is 0 Å². The highest BCUT2D eigenvalue weighted by Crippen LogP contribution is 2.23. The van der Waals surface area contributed by atoms with Crippen molar-refractivity contribution in [2.24, 2.45) is 0 Å². The molecule has 0 aromatic heterocycles. The second-order valence-electron chi connectivity index (χ2n) is 13.6. The van der Waals surface area contributed by atoms with Gasteiger partial charge in [0.25, 0.3) is 52.8 Å². The first-order valence-electron chi connectivity index (χ1n) is 19.7. The van der Waals surface area contributed by atoms with Crippen LogP contribution in [0.5, 0.6) is 0 Å². The van der Waals surface area contributed by atoms with E-state index in [9.17, 15) is 43.2 Å². The van der Waals surface area contributed by atoms with Crippen molar-refractivity contribution in [2.45, 2.75) is 59.3 Å². The molecule has 0 heterocycles. The lowest BCUT2D eigenvalue weighted by atomic mass is 10.0. The van der Waals surface area contributed by atoms with Gasteiger partial charge >= 0.3 is 0 Å². The average molecular weight is 817 g/mol. The summed E-state index contributed by atoms with van der Waals surface area (Å²) < 4.78 is 0. The maximum absolute atomic E-state index is 13.9. The molecule has 6 N–H and O–H groups in total. The van der Waals surface area contributed by atoms with E-state index in [1.165, 1.54) is 91.0 Å². The van der Waals surface area contributed by atoms with E-state index in [1.54, 1.807) is 0 Å². The molecule has 4 rings (SSSR count). The molecule has 0 aliphatic heterocycles. The molecule has 312 valence electrons. The molecule has 0 saturated heterocycles. The molecule has 0 saturated carbocycles. The Morgan fingerprint density at radius 3 is 0.883 bits per heavy atom. The molecule has 6 amide bonds. The van der Waals surface area contributed by atoms with Crippen LogP contribution in [0.15, 0.2) is 91.0 Å². The summed E-state index contributed by atoms with van der Waals surface area (Å²) in [6.07, 6.45) is 4.34. The summed E-state index contributed by atoms with van der Waals surface area (Å²) in [5.41, 5.74) is -1.08. The zero-order valence-electron chi connectivity index (χ0n) is 33.7. The van der Waals surface area contributed by atoms with Crippen LogP contribution in [0.25, 0.3) is 0 Å². The van der Waals surface area contributed by atoms with Crippen LogP contribution in [-0.2, 0) is 14.4 Å². The van der Waals surface area contributed by atoms with Crippen LogP contribution in [0, 0.1) is 0 Å². The summed E-state index contributed by atoms with van der Waals surface area (Å²) in [5, 5.41) is 15.4. The van der Waals surface area contributed by atoms with Crippen molar-refractivity contribution in [3.8, 4) is 0 Å². The number of anilines is 3. The number of benzene rings is 4. The van der Waals surface area contributed by atoms with E-state index in [2.05, 4.69) is 31.9 Å². The molecule has 4 aromatic carbocycles. The van der Waals surface area contributed by atoms with Gasteiger partial charge < -0.3 is 31.9 Å². The number of amides is 6. The minimum atomic E-state index is -0.894. The SMILES string of the molecule is CCCCNC(=O)C(=O)c1ccccc1NC(=O)c1cc(C(=O)Nc2ccccc2C(=O)C(=O)NCCCC)cc(C(=O)Nc2ccccc2C(=O)C(=O)NCCCC)c1. The zero-order chi connectivity index (χ0) is 43.6. The first-order valence-corrected chi connectivity index (χ1v) is 19.7. The summed E-state index contributed by atoms with van der Waals surface area (Å²) in [7, 11) is 0. The van der Waals surface area contributed by atoms with Gasteiger partial charge in [-0.2, -0.15) is 0 Å². The minimum absolute atomic E-state index is 0.0201. The molecule has 15 heteroatoms. The van der Waals surface area contributed by atoms with Crippen LogP contribution in [0.4, 0.5) is 17.1 Å². The monoisotopic (exact) mass is 816 g/mol. The van der Waals surface area contributed by atoms with Crippen LogP contribution in [0.3, 0.4) is 0 Å². The van der Waals surface area contributed by atoms with Crippen molar-refractivity contribution in [2.75, 3.05) is 35.6 Å². The molecular formula is C45H48N6O9.